The van der Waals surface area contributed by atoms with Gasteiger partial charge >= 0.3 is 0 Å². The molecule has 1 amide bonds. The minimum atomic E-state index is -3.98. The highest BCUT2D eigenvalue weighted by Gasteiger charge is 2.26. The molecule has 20 heavy (non-hydrogen) atoms. The number of amides is 1. The van der Waals surface area contributed by atoms with E-state index in [4.69, 9.17) is 23.2 Å². The van der Waals surface area contributed by atoms with Crippen molar-refractivity contribution in [3.63, 3.8) is 0 Å². The molecular weight excluding hydrogens is 323 g/mol. The topological polar surface area (TPSA) is 75.3 Å². The molecule has 1 unspecified atom stereocenters. The van der Waals surface area contributed by atoms with Gasteiger partial charge in [0.15, 0.2) is 0 Å². The smallest absolute Gasteiger partial charge is 0.244 e. The Balaban J connectivity index is 2.99. The van der Waals surface area contributed by atoms with E-state index < -0.39 is 22.0 Å². The Hall–Kier alpha value is -0.820. The van der Waals surface area contributed by atoms with Crippen LogP contribution in [0.5, 0.6) is 0 Å². The van der Waals surface area contributed by atoms with E-state index in [0.29, 0.717) is 0 Å². The molecule has 0 radical (unpaired) electrons. The summed E-state index contributed by atoms with van der Waals surface area (Å²) >= 11 is 11.7. The van der Waals surface area contributed by atoms with Gasteiger partial charge < -0.3 is 5.32 Å². The Labute approximate surface area is 128 Å². The fourth-order valence-corrected chi connectivity index (χ4v) is 3.84. The molecule has 1 aromatic rings. The van der Waals surface area contributed by atoms with Crippen LogP contribution in [0.25, 0.3) is 0 Å². The number of sulfonamides is 1. The lowest BCUT2D eigenvalue weighted by Crippen LogP contribution is -2.46. The fourth-order valence-electron chi connectivity index (χ4n) is 1.49. The van der Waals surface area contributed by atoms with E-state index in [1.807, 2.05) is 0 Å². The molecule has 8 heteroatoms. The van der Waals surface area contributed by atoms with Crippen molar-refractivity contribution in [2.75, 3.05) is 0 Å². The molecule has 2 N–H and O–H groups in total. The van der Waals surface area contributed by atoms with Crippen molar-refractivity contribution in [1.82, 2.24) is 10.0 Å². The quantitative estimate of drug-likeness (QED) is 0.863. The van der Waals surface area contributed by atoms with Gasteiger partial charge in [-0.25, -0.2) is 8.42 Å². The van der Waals surface area contributed by atoms with Crippen molar-refractivity contribution in [1.29, 1.82) is 0 Å². The molecule has 0 aliphatic heterocycles. The van der Waals surface area contributed by atoms with E-state index in [1.165, 1.54) is 19.1 Å². The van der Waals surface area contributed by atoms with Gasteiger partial charge in [-0.3, -0.25) is 4.79 Å². The molecular formula is C12H16Cl2N2O3S. The Morgan fingerprint density at radius 3 is 2.10 bits per heavy atom. The molecule has 1 atom stereocenters. The molecule has 0 fully saturated rings. The molecule has 1 aromatic carbocycles. The number of nitrogens with one attached hydrogen (secondary N) is 2. The molecule has 112 valence electrons. The van der Waals surface area contributed by atoms with Gasteiger partial charge in [0.1, 0.15) is 4.90 Å². The van der Waals surface area contributed by atoms with Crippen molar-refractivity contribution in [2.24, 2.45) is 0 Å². The van der Waals surface area contributed by atoms with Crippen molar-refractivity contribution in [3.05, 3.63) is 28.2 Å². The van der Waals surface area contributed by atoms with Crippen LogP contribution in [0.2, 0.25) is 10.0 Å². The first-order chi connectivity index (χ1) is 9.15. The van der Waals surface area contributed by atoms with Crippen molar-refractivity contribution in [2.45, 2.75) is 37.8 Å². The summed E-state index contributed by atoms with van der Waals surface area (Å²) in [5.74, 6) is -0.424. The number of rotatable bonds is 5. The number of halogens is 2. The van der Waals surface area contributed by atoms with Crippen molar-refractivity contribution >= 4 is 39.1 Å². The van der Waals surface area contributed by atoms with Crippen LogP contribution in [0.1, 0.15) is 20.8 Å². The third-order valence-electron chi connectivity index (χ3n) is 2.34. The van der Waals surface area contributed by atoms with Crippen molar-refractivity contribution < 1.29 is 13.2 Å². The zero-order valence-corrected chi connectivity index (χ0v) is 13.6. The van der Waals surface area contributed by atoms with Crippen LogP contribution in [0, 0.1) is 0 Å². The number of benzene rings is 1. The highest BCUT2D eigenvalue weighted by atomic mass is 35.5. The minimum absolute atomic E-state index is 0.00136. The summed E-state index contributed by atoms with van der Waals surface area (Å²) in [6.07, 6.45) is 0. The zero-order valence-electron chi connectivity index (χ0n) is 11.3. The number of hydrogen-bond donors (Lipinski definition) is 2. The zero-order chi connectivity index (χ0) is 15.5. The molecule has 1 rings (SSSR count). The van der Waals surface area contributed by atoms with Gasteiger partial charge in [-0.05, 0) is 32.9 Å². The lowest BCUT2D eigenvalue weighted by Gasteiger charge is -2.17. The molecule has 0 spiro atoms. The number of carbonyl (C=O) groups is 1. The van der Waals surface area contributed by atoms with Crippen molar-refractivity contribution in [3.8, 4) is 0 Å². The summed E-state index contributed by atoms with van der Waals surface area (Å²) in [7, 11) is -3.98. The van der Waals surface area contributed by atoms with Crippen LogP contribution in [0.4, 0.5) is 0 Å². The second-order valence-electron chi connectivity index (χ2n) is 4.56. The molecule has 0 bridgehead atoms. The maximum absolute atomic E-state index is 12.2. The van der Waals surface area contributed by atoms with Gasteiger partial charge in [0.2, 0.25) is 15.9 Å². The minimum Gasteiger partial charge on any atom is -0.353 e. The third kappa shape index (κ3) is 4.34. The van der Waals surface area contributed by atoms with Crippen LogP contribution in [0.15, 0.2) is 23.1 Å². The highest BCUT2D eigenvalue weighted by molar-refractivity contribution is 7.89. The average Bonchev–Trinajstić information content (AvgIpc) is 2.26. The van der Waals surface area contributed by atoms with Gasteiger partial charge in [0.25, 0.3) is 0 Å². The van der Waals surface area contributed by atoms with Crippen LogP contribution in [-0.2, 0) is 14.8 Å². The second-order valence-corrected chi connectivity index (χ2v) is 7.02. The van der Waals surface area contributed by atoms with Gasteiger partial charge in [-0.2, -0.15) is 4.72 Å². The largest absolute Gasteiger partial charge is 0.353 e. The third-order valence-corrected chi connectivity index (χ3v) is 4.84. The predicted molar refractivity (Wildman–Crippen MR) is 79.5 cm³/mol. The Kier molecular flexibility index (Phi) is 5.82. The monoisotopic (exact) mass is 338 g/mol. The summed E-state index contributed by atoms with van der Waals surface area (Å²) in [6, 6.07) is 3.36. The van der Waals surface area contributed by atoms with Crippen LogP contribution >= 0.6 is 23.2 Å². The van der Waals surface area contributed by atoms with Crippen LogP contribution < -0.4 is 10.0 Å². The molecule has 0 heterocycles. The van der Waals surface area contributed by atoms with E-state index in [-0.39, 0.29) is 21.0 Å². The molecule has 5 nitrogen and oxygen atoms in total. The molecule has 0 saturated carbocycles. The first-order valence-electron chi connectivity index (χ1n) is 5.92. The summed E-state index contributed by atoms with van der Waals surface area (Å²) < 4.78 is 26.7. The van der Waals surface area contributed by atoms with Gasteiger partial charge in [0, 0.05) is 6.04 Å². The second kappa shape index (κ2) is 6.76. The number of hydrogen-bond acceptors (Lipinski definition) is 3. The maximum atomic E-state index is 12.2. The van der Waals surface area contributed by atoms with Gasteiger partial charge in [0.05, 0.1) is 16.1 Å². The lowest BCUT2D eigenvalue weighted by atomic mass is 10.3. The first-order valence-corrected chi connectivity index (χ1v) is 8.15. The summed E-state index contributed by atoms with van der Waals surface area (Å²) in [5, 5.41) is 2.62. The Morgan fingerprint density at radius 2 is 1.65 bits per heavy atom. The van der Waals surface area contributed by atoms with E-state index in [9.17, 15) is 13.2 Å². The van der Waals surface area contributed by atoms with Crippen LogP contribution in [-0.4, -0.2) is 26.4 Å². The lowest BCUT2D eigenvalue weighted by molar-refractivity contribution is -0.122. The molecule has 0 aliphatic carbocycles. The summed E-state index contributed by atoms with van der Waals surface area (Å²) in [6.45, 7) is 5.01. The normalized spacial score (nSPS) is 13.3. The Bertz CT molecular complexity index is 582. The summed E-state index contributed by atoms with van der Waals surface area (Å²) in [5.41, 5.74) is 0. The van der Waals surface area contributed by atoms with E-state index in [1.54, 1.807) is 19.9 Å². The van der Waals surface area contributed by atoms with E-state index in [0.717, 1.165) is 0 Å². The molecule has 0 saturated heterocycles. The van der Waals surface area contributed by atoms with E-state index in [2.05, 4.69) is 10.0 Å². The molecule has 0 aromatic heterocycles. The standard InChI is InChI=1S/C12H16Cl2N2O3S/c1-7(2)15-12(17)8(3)16-20(18,19)11-9(13)5-4-6-10(11)14/h4-8,16H,1-3H3,(H,15,17). The maximum Gasteiger partial charge on any atom is 0.244 e. The van der Waals surface area contributed by atoms with Gasteiger partial charge in [-0.15, -0.1) is 0 Å². The predicted octanol–water partition coefficient (Wildman–Crippen LogP) is 2.18. The Morgan fingerprint density at radius 1 is 1.15 bits per heavy atom. The first kappa shape index (κ1) is 17.2. The SMILES string of the molecule is CC(C)NC(=O)C(C)NS(=O)(=O)c1c(Cl)cccc1Cl. The van der Waals surface area contributed by atoms with Crippen LogP contribution in [0.3, 0.4) is 0 Å². The molecule has 0 aliphatic rings. The average molecular weight is 339 g/mol. The highest BCUT2D eigenvalue weighted by Crippen LogP contribution is 2.28. The summed E-state index contributed by atoms with van der Waals surface area (Å²) in [4.78, 5) is 11.5. The van der Waals surface area contributed by atoms with Gasteiger partial charge in [-0.1, -0.05) is 29.3 Å². The fraction of sp³-hybridized carbons (Fsp3) is 0.417. The van der Waals surface area contributed by atoms with E-state index >= 15 is 0 Å². The number of carbonyl (C=O) groups excluding carboxylic acids is 1.